The van der Waals surface area contributed by atoms with E-state index < -0.39 is 0 Å². The average molecular weight is 271 g/mol. The molecule has 0 fully saturated rings. The molecule has 0 bridgehead atoms. The normalized spacial score (nSPS) is 9.95. The van der Waals surface area contributed by atoms with Gasteiger partial charge in [-0.15, -0.1) is 0 Å². The Labute approximate surface area is 116 Å². The summed E-state index contributed by atoms with van der Waals surface area (Å²) in [6.45, 7) is 2.02. The van der Waals surface area contributed by atoms with Gasteiger partial charge in [-0.05, 0) is 24.6 Å². The number of aromatic nitrogens is 2. The van der Waals surface area contributed by atoms with Crippen molar-refractivity contribution in [1.29, 1.82) is 5.26 Å². The number of benzene rings is 1. The molecule has 0 radical (unpaired) electrons. The van der Waals surface area contributed by atoms with Crippen molar-refractivity contribution < 1.29 is 4.74 Å². The van der Waals surface area contributed by atoms with E-state index >= 15 is 0 Å². The molecule has 1 aromatic heterocycles. The first-order valence-electron chi connectivity index (χ1n) is 5.86. The number of rotatable bonds is 3. The zero-order valence-corrected chi connectivity index (χ0v) is 11.5. The summed E-state index contributed by atoms with van der Waals surface area (Å²) in [7, 11) is 1.60. The number of methoxy groups -OCH3 is 1. The van der Waals surface area contributed by atoms with Gasteiger partial charge in [0.25, 0.3) is 0 Å². The van der Waals surface area contributed by atoms with Gasteiger partial charge >= 0.3 is 0 Å². The van der Waals surface area contributed by atoms with Crippen LogP contribution in [-0.2, 0) is 6.42 Å². The highest BCUT2D eigenvalue weighted by molar-refractivity contribution is 7.71. The summed E-state index contributed by atoms with van der Waals surface area (Å²) in [4.78, 5) is 7.19. The van der Waals surface area contributed by atoms with Crippen molar-refractivity contribution in [2.24, 2.45) is 0 Å². The molecule has 0 amide bonds. The summed E-state index contributed by atoms with van der Waals surface area (Å²) >= 11 is 5.24. The van der Waals surface area contributed by atoms with Crippen molar-refractivity contribution in [3.8, 4) is 23.1 Å². The molecule has 96 valence electrons. The van der Waals surface area contributed by atoms with Gasteiger partial charge < -0.3 is 9.72 Å². The number of ether oxygens (including phenoxy) is 1. The summed E-state index contributed by atoms with van der Waals surface area (Å²) in [5, 5.41) is 9.02. The quantitative estimate of drug-likeness (QED) is 0.870. The van der Waals surface area contributed by atoms with Crippen LogP contribution in [0.15, 0.2) is 24.5 Å². The predicted molar refractivity (Wildman–Crippen MR) is 75.5 cm³/mol. The molecule has 0 saturated carbocycles. The lowest BCUT2D eigenvalue weighted by Crippen LogP contribution is -1.98. The van der Waals surface area contributed by atoms with Crippen LogP contribution >= 0.6 is 12.2 Å². The second kappa shape index (κ2) is 5.63. The number of nitrogens with zero attached hydrogens (tertiary/aromatic N) is 2. The summed E-state index contributed by atoms with van der Waals surface area (Å²) in [6.07, 6.45) is 2.33. The average Bonchev–Trinajstić information content (AvgIpc) is 2.46. The minimum Gasteiger partial charge on any atom is -0.496 e. The van der Waals surface area contributed by atoms with Gasteiger partial charge in [0, 0.05) is 11.1 Å². The zero-order valence-electron chi connectivity index (χ0n) is 10.7. The van der Waals surface area contributed by atoms with Gasteiger partial charge in [-0.2, -0.15) is 5.26 Å². The lowest BCUT2D eigenvalue weighted by Gasteiger charge is -2.12. The predicted octanol–water partition coefficient (Wildman–Crippen LogP) is 3.25. The van der Waals surface area contributed by atoms with Crippen molar-refractivity contribution >= 4 is 12.2 Å². The zero-order chi connectivity index (χ0) is 13.8. The van der Waals surface area contributed by atoms with Crippen molar-refractivity contribution in [3.63, 3.8) is 0 Å². The summed E-state index contributed by atoms with van der Waals surface area (Å²) in [5.74, 6) is 0.700. The van der Waals surface area contributed by atoms with Crippen molar-refractivity contribution in [2.45, 2.75) is 13.3 Å². The maximum absolute atomic E-state index is 9.02. The van der Waals surface area contributed by atoms with Gasteiger partial charge in [0.1, 0.15) is 10.4 Å². The topological polar surface area (TPSA) is 61.7 Å². The minimum atomic E-state index is 0.570. The van der Waals surface area contributed by atoms with E-state index in [1.807, 2.05) is 6.92 Å². The fourth-order valence-corrected chi connectivity index (χ4v) is 2.27. The Hall–Kier alpha value is -2.19. The van der Waals surface area contributed by atoms with Crippen LogP contribution in [0.3, 0.4) is 0 Å². The molecule has 1 N–H and O–H groups in total. The summed E-state index contributed by atoms with van der Waals surface area (Å²) in [5.41, 5.74) is 3.21. The van der Waals surface area contributed by atoms with Crippen molar-refractivity contribution in [1.82, 2.24) is 9.97 Å². The van der Waals surface area contributed by atoms with E-state index in [9.17, 15) is 0 Å². The molecule has 0 spiro atoms. The number of nitriles is 1. The molecule has 1 aromatic carbocycles. The van der Waals surface area contributed by atoms with Gasteiger partial charge in [0.15, 0.2) is 0 Å². The standard InChI is InChI=1S/C14H13N3OS/c1-3-10-13(16-8-17-14(10)19)11-6-9(7-15)4-5-12(11)18-2/h4-6,8H,3H2,1-2H3,(H,16,17,19). The Kier molecular flexibility index (Phi) is 3.93. The molecule has 0 aliphatic heterocycles. The van der Waals surface area contributed by atoms with Gasteiger partial charge in [-0.3, -0.25) is 0 Å². The van der Waals surface area contributed by atoms with Crippen LogP contribution in [0, 0.1) is 16.0 Å². The molecule has 1 heterocycles. The molecule has 5 heteroatoms. The third-order valence-electron chi connectivity index (χ3n) is 2.90. The van der Waals surface area contributed by atoms with E-state index in [1.54, 1.807) is 31.6 Å². The van der Waals surface area contributed by atoms with Gasteiger partial charge in [-0.1, -0.05) is 19.1 Å². The highest BCUT2D eigenvalue weighted by Gasteiger charge is 2.12. The van der Waals surface area contributed by atoms with E-state index in [4.69, 9.17) is 22.2 Å². The van der Waals surface area contributed by atoms with Crippen LogP contribution in [0.2, 0.25) is 0 Å². The largest absolute Gasteiger partial charge is 0.496 e. The maximum Gasteiger partial charge on any atom is 0.133 e. The Morgan fingerprint density at radius 1 is 1.47 bits per heavy atom. The van der Waals surface area contributed by atoms with Crippen LogP contribution in [0.25, 0.3) is 11.3 Å². The number of nitrogens with one attached hydrogen (secondary N) is 1. The molecule has 4 nitrogen and oxygen atoms in total. The lowest BCUT2D eigenvalue weighted by molar-refractivity contribution is 0.416. The van der Waals surface area contributed by atoms with Crippen LogP contribution in [0.5, 0.6) is 5.75 Å². The van der Waals surface area contributed by atoms with E-state index in [0.29, 0.717) is 16.0 Å². The monoisotopic (exact) mass is 271 g/mol. The van der Waals surface area contributed by atoms with Crippen LogP contribution in [0.1, 0.15) is 18.1 Å². The highest BCUT2D eigenvalue weighted by atomic mass is 32.1. The fourth-order valence-electron chi connectivity index (χ4n) is 1.97. The lowest BCUT2D eigenvalue weighted by atomic mass is 10.0. The van der Waals surface area contributed by atoms with E-state index in [-0.39, 0.29) is 0 Å². The SMILES string of the molecule is CCc1c(-c2cc(C#N)ccc2OC)[nH]cnc1=S. The van der Waals surface area contributed by atoms with E-state index in [2.05, 4.69) is 16.0 Å². The Morgan fingerprint density at radius 2 is 2.26 bits per heavy atom. The van der Waals surface area contributed by atoms with Crippen LogP contribution < -0.4 is 4.74 Å². The van der Waals surface area contributed by atoms with E-state index in [1.165, 1.54) is 0 Å². The Morgan fingerprint density at radius 3 is 2.89 bits per heavy atom. The molecule has 19 heavy (non-hydrogen) atoms. The third kappa shape index (κ3) is 2.49. The molecule has 0 aliphatic carbocycles. The number of aromatic amines is 1. The first-order chi connectivity index (χ1) is 9.21. The fraction of sp³-hybridized carbons (Fsp3) is 0.214. The van der Waals surface area contributed by atoms with Gasteiger partial charge in [-0.25, -0.2) is 4.98 Å². The first kappa shape index (κ1) is 13.2. The Bertz CT molecular complexity index is 701. The number of H-pyrrole nitrogens is 1. The van der Waals surface area contributed by atoms with Crippen molar-refractivity contribution in [3.05, 3.63) is 40.3 Å². The molecular weight excluding hydrogens is 258 g/mol. The Balaban J connectivity index is 2.74. The molecule has 0 atom stereocenters. The molecule has 2 rings (SSSR count). The molecular formula is C14H13N3OS. The maximum atomic E-state index is 9.02. The summed E-state index contributed by atoms with van der Waals surface area (Å²) < 4.78 is 5.92. The van der Waals surface area contributed by atoms with Crippen molar-refractivity contribution in [2.75, 3.05) is 7.11 Å². The first-order valence-corrected chi connectivity index (χ1v) is 6.27. The minimum absolute atomic E-state index is 0.570. The number of hydrogen-bond donors (Lipinski definition) is 1. The van der Waals surface area contributed by atoms with Gasteiger partial charge in [0.2, 0.25) is 0 Å². The highest BCUT2D eigenvalue weighted by Crippen LogP contribution is 2.31. The van der Waals surface area contributed by atoms with Crippen LogP contribution in [0.4, 0.5) is 0 Å². The molecule has 2 aromatic rings. The second-order valence-electron chi connectivity index (χ2n) is 3.94. The van der Waals surface area contributed by atoms with Crippen LogP contribution in [-0.4, -0.2) is 17.1 Å². The third-order valence-corrected chi connectivity index (χ3v) is 3.25. The van der Waals surface area contributed by atoms with Gasteiger partial charge in [0.05, 0.1) is 30.8 Å². The number of hydrogen-bond acceptors (Lipinski definition) is 4. The molecule has 0 saturated heterocycles. The molecule has 0 unspecified atom stereocenters. The second-order valence-corrected chi connectivity index (χ2v) is 4.33. The smallest absolute Gasteiger partial charge is 0.133 e. The molecule has 0 aliphatic rings. The summed E-state index contributed by atoms with van der Waals surface area (Å²) in [6, 6.07) is 7.43. The van der Waals surface area contributed by atoms with E-state index in [0.717, 1.165) is 23.2 Å².